The van der Waals surface area contributed by atoms with Crippen LogP contribution in [-0.2, 0) is 7.05 Å². The van der Waals surface area contributed by atoms with Crippen molar-refractivity contribution in [2.45, 2.75) is 45.6 Å². The number of aromatic nitrogens is 2. The summed E-state index contributed by atoms with van der Waals surface area (Å²) in [5.74, 6) is 1.34. The number of hydrogen-bond donors (Lipinski definition) is 1. The Morgan fingerprint density at radius 2 is 2.11 bits per heavy atom. The molecule has 0 aliphatic heterocycles. The SMILES string of the molecule is CC(C)C1CCC(C#N)(C(O)c2ccnn2C)CC1. The minimum Gasteiger partial charge on any atom is -0.385 e. The van der Waals surface area contributed by atoms with Crippen LogP contribution in [0, 0.1) is 28.6 Å². The van der Waals surface area contributed by atoms with Gasteiger partial charge in [0.1, 0.15) is 6.10 Å². The van der Waals surface area contributed by atoms with Gasteiger partial charge in [0, 0.05) is 13.2 Å². The summed E-state index contributed by atoms with van der Waals surface area (Å²) in [6.45, 7) is 4.48. The van der Waals surface area contributed by atoms with Crippen LogP contribution < -0.4 is 0 Å². The van der Waals surface area contributed by atoms with E-state index in [-0.39, 0.29) is 0 Å². The van der Waals surface area contributed by atoms with Crippen LogP contribution in [-0.4, -0.2) is 14.9 Å². The van der Waals surface area contributed by atoms with Gasteiger partial charge in [0.2, 0.25) is 0 Å². The summed E-state index contributed by atoms with van der Waals surface area (Å²) in [7, 11) is 1.81. The number of rotatable bonds is 3. The molecule has 104 valence electrons. The minimum absolute atomic E-state index is 0.640. The predicted octanol–water partition coefficient (Wildman–Crippen LogP) is 2.81. The molecule has 1 saturated carbocycles. The molecule has 1 heterocycles. The van der Waals surface area contributed by atoms with Crippen LogP contribution in [0.25, 0.3) is 0 Å². The van der Waals surface area contributed by atoms with Crippen LogP contribution in [0.1, 0.15) is 51.3 Å². The zero-order chi connectivity index (χ0) is 14.0. The van der Waals surface area contributed by atoms with E-state index in [1.165, 1.54) is 0 Å². The van der Waals surface area contributed by atoms with Gasteiger partial charge < -0.3 is 5.11 Å². The molecule has 1 aromatic rings. The van der Waals surface area contributed by atoms with Gasteiger partial charge in [-0.3, -0.25) is 4.68 Å². The smallest absolute Gasteiger partial charge is 0.114 e. The Kier molecular flexibility index (Phi) is 3.96. The molecule has 19 heavy (non-hydrogen) atoms. The van der Waals surface area contributed by atoms with E-state index in [1.54, 1.807) is 16.9 Å². The average molecular weight is 261 g/mol. The van der Waals surface area contributed by atoms with Crippen molar-refractivity contribution in [3.8, 4) is 6.07 Å². The van der Waals surface area contributed by atoms with Gasteiger partial charge in [0.15, 0.2) is 0 Å². The summed E-state index contributed by atoms with van der Waals surface area (Å²) in [5.41, 5.74) is 0.101. The molecule has 1 atom stereocenters. The fraction of sp³-hybridized carbons (Fsp3) is 0.733. The fourth-order valence-electron chi connectivity index (χ4n) is 3.20. The molecule has 1 unspecified atom stereocenters. The van der Waals surface area contributed by atoms with Crippen molar-refractivity contribution in [2.24, 2.45) is 24.3 Å². The Morgan fingerprint density at radius 1 is 1.47 bits per heavy atom. The van der Waals surface area contributed by atoms with Gasteiger partial charge in [-0.15, -0.1) is 0 Å². The van der Waals surface area contributed by atoms with Crippen molar-refractivity contribution in [3.05, 3.63) is 18.0 Å². The first-order chi connectivity index (χ1) is 9.00. The third-order valence-electron chi connectivity index (χ3n) is 4.75. The largest absolute Gasteiger partial charge is 0.385 e. The molecular weight excluding hydrogens is 238 g/mol. The second-order valence-corrected chi connectivity index (χ2v) is 6.13. The predicted molar refractivity (Wildman–Crippen MR) is 73.0 cm³/mol. The highest BCUT2D eigenvalue weighted by atomic mass is 16.3. The van der Waals surface area contributed by atoms with Crippen molar-refractivity contribution >= 4 is 0 Å². The molecular formula is C15H23N3O. The van der Waals surface area contributed by atoms with Gasteiger partial charge in [-0.2, -0.15) is 10.4 Å². The van der Waals surface area contributed by atoms with Crippen LogP contribution >= 0.6 is 0 Å². The van der Waals surface area contributed by atoms with Crippen LogP contribution in [0.15, 0.2) is 12.3 Å². The highest BCUT2D eigenvalue weighted by Gasteiger charge is 2.43. The normalized spacial score (nSPS) is 29.2. The lowest BCUT2D eigenvalue weighted by Gasteiger charge is -2.39. The van der Waals surface area contributed by atoms with Crippen LogP contribution in [0.5, 0.6) is 0 Å². The molecule has 2 rings (SSSR count). The Labute approximate surface area is 115 Å². The summed E-state index contributed by atoms with van der Waals surface area (Å²) in [6, 6.07) is 4.20. The van der Waals surface area contributed by atoms with Crippen molar-refractivity contribution in [3.63, 3.8) is 0 Å². The van der Waals surface area contributed by atoms with Crippen molar-refractivity contribution in [2.75, 3.05) is 0 Å². The summed E-state index contributed by atoms with van der Waals surface area (Å²) in [6.07, 6.45) is 4.54. The standard InChI is InChI=1S/C15H23N3O/c1-11(2)12-4-7-15(10-16,8-5-12)14(19)13-6-9-17-18(13)3/h6,9,11-12,14,19H,4-5,7-8H2,1-3H3. The zero-order valence-corrected chi connectivity index (χ0v) is 12.0. The third-order valence-corrected chi connectivity index (χ3v) is 4.75. The first-order valence-corrected chi connectivity index (χ1v) is 7.07. The Balaban J connectivity index is 2.17. The molecule has 0 amide bonds. The van der Waals surface area contributed by atoms with E-state index in [1.807, 2.05) is 7.05 Å². The van der Waals surface area contributed by atoms with Gasteiger partial charge in [-0.1, -0.05) is 13.8 Å². The summed E-state index contributed by atoms with van der Waals surface area (Å²) in [5, 5.41) is 24.3. The lowest BCUT2D eigenvalue weighted by Crippen LogP contribution is -2.34. The first kappa shape index (κ1) is 14.1. The lowest BCUT2D eigenvalue weighted by molar-refractivity contribution is 0.0139. The Bertz CT molecular complexity index is 464. The van der Waals surface area contributed by atoms with E-state index >= 15 is 0 Å². The van der Waals surface area contributed by atoms with Crippen LogP contribution in [0.3, 0.4) is 0 Å². The molecule has 1 fully saturated rings. The fourth-order valence-corrected chi connectivity index (χ4v) is 3.20. The summed E-state index contributed by atoms with van der Waals surface area (Å²) < 4.78 is 1.66. The van der Waals surface area contributed by atoms with Gasteiger partial charge in [0.25, 0.3) is 0 Å². The molecule has 0 radical (unpaired) electrons. The zero-order valence-electron chi connectivity index (χ0n) is 12.0. The monoisotopic (exact) mass is 261 g/mol. The topological polar surface area (TPSA) is 61.8 Å². The van der Waals surface area contributed by atoms with E-state index in [2.05, 4.69) is 25.0 Å². The molecule has 0 aromatic carbocycles. The van der Waals surface area contributed by atoms with Crippen molar-refractivity contribution < 1.29 is 5.11 Å². The second kappa shape index (κ2) is 5.34. The quantitative estimate of drug-likeness (QED) is 0.910. The number of aryl methyl sites for hydroxylation is 1. The van der Waals surface area contributed by atoms with E-state index in [9.17, 15) is 10.4 Å². The van der Waals surface area contributed by atoms with Gasteiger partial charge >= 0.3 is 0 Å². The van der Waals surface area contributed by atoms with Gasteiger partial charge in [0.05, 0.1) is 17.2 Å². The number of aliphatic hydroxyl groups excluding tert-OH is 1. The summed E-state index contributed by atoms with van der Waals surface area (Å²) >= 11 is 0. The number of hydrogen-bond acceptors (Lipinski definition) is 3. The number of nitriles is 1. The molecule has 0 spiro atoms. The third kappa shape index (κ3) is 2.52. The Morgan fingerprint density at radius 3 is 2.53 bits per heavy atom. The van der Waals surface area contributed by atoms with E-state index in [4.69, 9.17) is 0 Å². The van der Waals surface area contributed by atoms with E-state index in [0.717, 1.165) is 31.4 Å². The highest BCUT2D eigenvalue weighted by Crippen LogP contribution is 2.48. The average Bonchev–Trinajstić information content (AvgIpc) is 2.84. The van der Waals surface area contributed by atoms with Crippen molar-refractivity contribution in [1.29, 1.82) is 5.26 Å². The molecule has 1 aromatic heterocycles. The second-order valence-electron chi connectivity index (χ2n) is 6.13. The highest BCUT2D eigenvalue weighted by molar-refractivity contribution is 5.16. The van der Waals surface area contributed by atoms with Gasteiger partial charge in [-0.05, 0) is 43.6 Å². The molecule has 4 nitrogen and oxygen atoms in total. The molecule has 1 aliphatic rings. The maximum atomic E-state index is 10.6. The van der Waals surface area contributed by atoms with Gasteiger partial charge in [-0.25, -0.2) is 0 Å². The van der Waals surface area contributed by atoms with Crippen LogP contribution in [0.4, 0.5) is 0 Å². The molecule has 4 heteroatoms. The molecule has 1 aliphatic carbocycles. The number of aliphatic hydroxyl groups is 1. The molecule has 0 saturated heterocycles. The van der Waals surface area contributed by atoms with E-state index < -0.39 is 11.5 Å². The van der Waals surface area contributed by atoms with E-state index in [0.29, 0.717) is 11.8 Å². The minimum atomic E-state index is -0.738. The molecule has 0 bridgehead atoms. The number of nitrogens with zero attached hydrogens (tertiary/aromatic N) is 3. The Hall–Kier alpha value is -1.34. The lowest BCUT2D eigenvalue weighted by atomic mass is 9.65. The maximum absolute atomic E-state index is 10.6. The van der Waals surface area contributed by atoms with Crippen LogP contribution in [0.2, 0.25) is 0 Å². The maximum Gasteiger partial charge on any atom is 0.114 e. The summed E-state index contributed by atoms with van der Waals surface area (Å²) in [4.78, 5) is 0. The first-order valence-electron chi connectivity index (χ1n) is 7.07. The van der Waals surface area contributed by atoms with Crippen molar-refractivity contribution in [1.82, 2.24) is 9.78 Å². The molecule has 1 N–H and O–H groups in total.